The fourth-order valence-electron chi connectivity index (χ4n) is 1.96. The molecule has 0 aliphatic rings. The number of carbonyl (C=O) groups is 1. The Kier molecular flexibility index (Phi) is 5.10. The van der Waals surface area contributed by atoms with Crippen LogP contribution >= 0.6 is 11.3 Å². The maximum atomic E-state index is 12.1. The Balaban J connectivity index is 2.06. The Morgan fingerprint density at radius 3 is 2.86 bits per heavy atom. The molecular weight excluding hydrogens is 302 g/mol. The minimum Gasteiger partial charge on any atom is -0.384 e. The minimum atomic E-state index is -1.15. The number of aromatic nitrogens is 2. The summed E-state index contributed by atoms with van der Waals surface area (Å²) in [6.45, 7) is 4.10. The monoisotopic (exact) mass is 321 g/mol. The smallest absolute Gasteiger partial charge is 0.271 e. The first-order valence-corrected chi connectivity index (χ1v) is 8.00. The molecule has 0 bridgehead atoms. The average molecular weight is 321 g/mol. The maximum absolute atomic E-state index is 12.1. The molecule has 2 rings (SSSR count). The summed E-state index contributed by atoms with van der Waals surface area (Å²) in [6.07, 6.45) is 0.755. The molecule has 22 heavy (non-hydrogen) atoms. The lowest BCUT2D eigenvalue weighted by Crippen LogP contribution is -2.39. The number of nitrogens with zero attached hydrogens (tertiary/aromatic N) is 2. The third-order valence-electron chi connectivity index (χ3n) is 3.27. The average Bonchev–Trinajstić information content (AvgIpc) is 3.02. The van der Waals surface area contributed by atoms with Gasteiger partial charge in [-0.1, -0.05) is 6.92 Å². The summed E-state index contributed by atoms with van der Waals surface area (Å²) in [6, 6.07) is 4.54. The maximum Gasteiger partial charge on any atom is 0.271 e. The quantitative estimate of drug-likeness (QED) is 0.841. The molecule has 0 radical (unpaired) electrons. The van der Waals surface area contributed by atoms with Crippen LogP contribution in [0.3, 0.4) is 0 Å². The normalized spacial score (nSPS) is 13.6. The third kappa shape index (κ3) is 3.80. The van der Waals surface area contributed by atoms with E-state index in [2.05, 4.69) is 10.4 Å². The number of rotatable bonds is 6. The van der Waals surface area contributed by atoms with Gasteiger partial charge in [-0.05, 0) is 41.8 Å². The second kappa shape index (κ2) is 6.85. The van der Waals surface area contributed by atoms with Crippen molar-refractivity contribution in [3.8, 4) is 0 Å². The fourth-order valence-corrected chi connectivity index (χ4v) is 2.74. The number of hydrogen-bond donors (Lipinski definition) is 2. The number of thiophene rings is 1. The molecule has 0 fully saturated rings. The molecule has 0 aliphatic carbocycles. The van der Waals surface area contributed by atoms with Gasteiger partial charge in [0, 0.05) is 12.6 Å². The van der Waals surface area contributed by atoms with E-state index in [1.54, 1.807) is 6.92 Å². The van der Waals surface area contributed by atoms with E-state index in [4.69, 9.17) is 0 Å². The van der Waals surface area contributed by atoms with E-state index in [1.807, 2.05) is 23.8 Å². The molecule has 2 N–H and O–H groups in total. The van der Waals surface area contributed by atoms with Gasteiger partial charge in [0.1, 0.15) is 11.3 Å². The summed E-state index contributed by atoms with van der Waals surface area (Å²) >= 11 is 1.48. The first kappa shape index (κ1) is 16.4. The van der Waals surface area contributed by atoms with Gasteiger partial charge >= 0.3 is 0 Å². The van der Waals surface area contributed by atoms with Gasteiger partial charge in [-0.2, -0.15) is 16.4 Å². The van der Waals surface area contributed by atoms with Gasteiger partial charge in [-0.15, -0.1) is 0 Å². The lowest BCUT2D eigenvalue weighted by atomic mass is 9.99. The number of hydrogen-bond acceptors (Lipinski definition) is 5. The number of aliphatic hydroxyl groups is 1. The van der Waals surface area contributed by atoms with Crippen LogP contribution in [-0.4, -0.2) is 27.3 Å². The first-order valence-electron chi connectivity index (χ1n) is 7.05. The summed E-state index contributed by atoms with van der Waals surface area (Å²) in [5.74, 6) is -0.416. The van der Waals surface area contributed by atoms with Crippen LogP contribution in [0.1, 0.15) is 36.3 Å². The number of amides is 1. The molecule has 2 aromatic rings. The predicted molar refractivity (Wildman–Crippen MR) is 85.0 cm³/mol. The highest BCUT2D eigenvalue weighted by Gasteiger charge is 2.24. The largest absolute Gasteiger partial charge is 0.384 e. The predicted octanol–water partition coefficient (Wildman–Crippen LogP) is 1.35. The Bertz CT molecular complexity index is 692. The van der Waals surface area contributed by atoms with E-state index in [1.165, 1.54) is 28.2 Å². The standard InChI is InChI=1S/C15H19N3O3S/c1-3-7-18-13(19)5-4-12(17-18)14(20)16-10-15(2,21)11-6-8-22-9-11/h4-6,8-9,21H,3,7,10H2,1-2H3,(H,16,20). The third-order valence-corrected chi connectivity index (χ3v) is 3.95. The lowest BCUT2D eigenvalue weighted by molar-refractivity contribution is 0.0528. The van der Waals surface area contributed by atoms with Crippen LogP contribution in [-0.2, 0) is 12.1 Å². The molecule has 0 saturated heterocycles. The molecule has 1 amide bonds. The van der Waals surface area contributed by atoms with Crippen LogP contribution < -0.4 is 10.9 Å². The molecular formula is C15H19N3O3S. The molecule has 0 saturated carbocycles. The molecule has 1 atom stereocenters. The van der Waals surface area contributed by atoms with Crippen LogP contribution in [0.2, 0.25) is 0 Å². The summed E-state index contributed by atoms with van der Waals surface area (Å²) in [4.78, 5) is 23.7. The summed E-state index contributed by atoms with van der Waals surface area (Å²) in [7, 11) is 0. The molecule has 7 heteroatoms. The topological polar surface area (TPSA) is 84.2 Å². The van der Waals surface area contributed by atoms with Crippen molar-refractivity contribution in [3.05, 3.63) is 50.6 Å². The van der Waals surface area contributed by atoms with Crippen molar-refractivity contribution >= 4 is 17.2 Å². The van der Waals surface area contributed by atoms with Crippen molar-refractivity contribution < 1.29 is 9.90 Å². The van der Waals surface area contributed by atoms with Gasteiger partial charge in [-0.3, -0.25) is 9.59 Å². The minimum absolute atomic E-state index is 0.0666. The van der Waals surface area contributed by atoms with Gasteiger partial charge in [-0.25, -0.2) is 4.68 Å². The van der Waals surface area contributed by atoms with Crippen molar-refractivity contribution in [2.24, 2.45) is 0 Å². The number of carbonyl (C=O) groups excluding carboxylic acids is 1. The van der Waals surface area contributed by atoms with Gasteiger partial charge in [0.15, 0.2) is 0 Å². The van der Waals surface area contributed by atoms with E-state index >= 15 is 0 Å². The zero-order valence-corrected chi connectivity index (χ0v) is 13.4. The van der Waals surface area contributed by atoms with E-state index in [9.17, 15) is 14.7 Å². The lowest BCUT2D eigenvalue weighted by Gasteiger charge is -2.22. The van der Waals surface area contributed by atoms with E-state index < -0.39 is 11.5 Å². The van der Waals surface area contributed by atoms with Crippen molar-refractivity contribution in [2.75, 3.05) is 6.54 Å². The van der Waals surface area contributed by atoms with Crippen molar-refractivity contribution in [1.82, 2.24) is 15.1 Å². The molecule has 0 aliphatic heterocycles. The number of aryl methyl sites for hydroxylation is 1. The number of nitrogens with one attached hydrogen (secondary N) is 1. The van der Waals surface area contributed by atoms with Crippen molar-refractivity contribution in [2.45, 2.75) is 32.4 Å². The molecule has 0 spiro atoms. The zero-order chi connectivity index (χ0) is 16.2. The van der Waals surface area contributed by atoms with Gasteiger partial charge in [0.25, 0.3) is 11.5 Å². The highest BCUT2D eigenvalue weighted by molar-refractivity contribution is 7.08. The molecule has 2 aromatic heterocycles. The van der Waals surface area contributed by atoms with E-state index in [0.717, 1.165) is 12.0 Å². The molecule has 2 heterocycles. The fraction of sp³-hybridized carbons (Fsp3) is 0.400. The molecule has 118 valence electrons. The van der Waals surface area contributed by atoms with Gasteiger partial charge in [0.05, 0.1) is 6.54 Å². The molecule has 0 aromatic carbocycles. The van der Waals surface area contributed by atoms with Crippen molar-refractivity contribution in [3.63, 3.8) is 0 Å². The van der Waals surface area contributed by atoms with E-state index in [0.29, 0.717) is 6.54 Å². The van der Waals surface area contributed by atoms with Gasteiger partial charge in [0.2, 0.25) is 0 Å². The molecule has 1 unspecified atom stereocenters. The Morgan fingerprint density at radius 2 is 2.23 bits per heavy atom. The van der Waals surface area contributed by atoms with Crippen molar-refractivity contribution in [1.29, 1.82) is 0 Å². The zero-order valence-electron chi connectivity index (χ0n) is 12.6. The van der Waals surface area contributed by atoms with E-state index in [-0.39, 0.29) is 17.8 Å². The summed E-state index contributed by atoms with van der Waals surface area (Å²) < 4.78 is 1.27. The Labute approximate surface area is 132 Å². The summed E-state index contributed by atoms with van der Waals surface area (Å²) in [5, 5.41) is 20.8. The SMILES string of the molecule is CCCn1nc(C(=O)NCC(C)(O)c2ccsc2)ccc1=O. The summed E-state index contributed by atoms with van der Waals surface area (Å²) in [5.41, 5.74) is -0.465. The highest BCUT2D eigenvalue weighted by atomic mass is 32.1. The first-order chi connectivity index (χ1) is 10.4. The molecule has 6 nitrogen and oxygen atoms in total. The van der Waals surface area contributed by atoms with Crippen LogP contribution in [0.5, 0.6) is 0 Å². The van der Waals surface area contributed by atoms with Crippen LogP contribution in [0.25, 0.3) is 0 Å². The van der Waals surface area contributed by atoms with Gasteiger partial charge < -0.3 is 10.4 Å². The second-order valence-electron chi connectivity index (χ2n) is 5.25. The Morgan fingerprint density at radius 1 is 1.45 bits per heavy atom. The van der Waals surface area contributed by atoms with Crippen LogP contribution in [0.15, 0.2) is 33.8 Å². The second-order valence-corrected chi connectivity index (χ2v) is 6.03. The Hall–Kier alpha value is -1.99. The van der Waals surface area contributed by atoms with Crippen LogP contribution in [0, 0.1) is 0 Å². The highest BCUT2D eigenvalue weighted by Crippen LogP contribution is 2.22. The van der Waals surface area contributed by atoms with Crippen LogP contribution in [0.4, 0.5) is 0 Å².